The van der Waals surface area contributed by atoms with Gasteiger partial charge in [0.15, 0.2) is 11.5 Å². The third-order valence-electron chi connectivity index (χ3n) is 2.69. The average molecular weight is 265 g/mol. The number of benzene rings is 2. The minimum absolute atomic E-state index is 0.172. The van der Waals surface area contributed by atoms with Gasteiger partial charge in [-0.1, -0.05) is 6.07 Å². The first kappa shape index (κ1) is 13.3. The lowest BCUT2D eigenvalue weighted by molar-refractivity contribution is 0.403. The van der Waals surface area contributed by atoms with Crippen LogP contribution in [-0.2, 0) is 13.1 Å². The van der Waals surface area contributed by atoms with Crippen molar-refractivity contribution in [3.63, 3.8) is 0 Å². The van der Waals surface area contributed by atoms with Gasteiger partial charge in [0.25, 0.3) is 0 Å². The van der Waals surface area contributed by atoms with Gasteiger partial charge in [-0.15, -0.1) is 0 Å². The molecule has 5 heteroatoms. The van der Waals surface area contributed by atoms with Crippen LogP contribution < -0.4 is 5.32 Å². The Hall–Kier alpha value is -2.14. The summed E-state index contributed by atoms with van der Waals surface area (Å²) in [6.45, 7) is 0.537. The van der Waals surface area contributed by atoms with Gasteiger partial charge in [0.05, 0.1) is 0 Å². The zero-order valence-electron chi connectivity index (χ0n) is 10.0. The van der Waals surface area contributed by atoms with Crippen LogP contribution in [0, 0.1) is 11.6 Å². The van der Waals surface area contributed by atoms with E-state index in [1.54, 1.807) is 6.07 Å². The highest BCUT2D eigenvalue weighted by Gasteiger charge is 2.04. The van der Waals surface area contributed by atoms with E-state index in [1.165, 1.54) is 12.1 Å². The highest BCUT2D eigenvalue weighted by molar-refractivity contribution is 5.40. The predicted octanol–water partition coefficient (Wildman–Crippen LogP) is 2.67. The maximum atomic E-state index is 13.3. The molecule has 2 rings (SSSR count). The van der Waals surface area contributed by atoms with E-state index in [9.17, 15) is 13.9 Å². The molecule has 0 aliphatic rings. The van der Waals surface area contributed by atoms with E-state index in [0.29, 0.717) is 6.54 Å². The van der Waals surface area contributed by atoms with Gasteiger partial charge in [-0.05, 0) is 35.9 Å². The number of phenolic OH excluding ortho intramolecular Hbond substituents is 2. The van der Waals surface area contributed by atoms with Gasteiger partial charge in [0, 0.05) is 18.7 Å². The van der Waals surface area contributed by atoms with Crippen molar-refractivity contribution >= 4 is 0 Å². The quantitative estimate of drug-likeness (QED) is 0.745. The first-order chi connectivity index (χ1) is 9.06. The lowest BCUT2D eigenvalue weighted by Crippen LogP contribution is -2.13. The Labute approximate surface area is 109 Å². The van der Waals surface area contributed by atoms with Crippen LogP contribution in [0.25, 0.3) is 0 Å². The largest absolute Gasteiger partial charge is 0.504 e. The van der Waals surface area contributed by atoms with E-state index in [4.69, 9.17) is 5.11 Å². The molecule has 0 spiro atoms. The van der Waals surface area contributed by atoms with E-state index in [-0.39, 0.29) is 23.6 Å². The Morgan fingerprint density at radius 2 is 1.68 bits per heavy atom. The third-order valence-corrected chi connectivity index (χ3v) is 2.69. The van der Waals surface area contributed by atoms with Gasteiger partial charge < -0.3 is 15.5 Å². The Balaban J connectivity index is 1.96. The molecule has 3 N–H and O–H groups in total. The summed E-state index contributed by atoms with van der Waals surface area (Å²) in [6, 6.07) is 7.69. The fraction of sp³-hybridized carbons (Fsp3) is 0.143. The molecule has 100 valence electrons. The summed E-state index contributed by atoms with van der Waals surface area (Å²) in [5, 5.41) is 21.4. The zero-order chi connectivity index (χ0) is 13.8. The molecule has 0 aromatic heterocycles. The van der Waals surface area contributed by atoms with Gasteiger partial charge >= 0.3 is 0 Å². The molecule has 0 amide bonds. The fourth-order valence-electron chi connectivity index (χ4n) is 1.70. The van der Waals surface area contributed by atoms with Gasteiger partial charge in [-0.3, -0.25) is 0 Å². The minimum Gasteiger partial charge on any atom is -0.504 e. The van der Waals surface area contributed by atoms with Crippen molar-refractivity contribution in [1.29, 1.82) is 0 Å². The fourth-order valence-corrected chi connectivity index (χ4v) is 1.70. The lowest BCUT2D eigenvalue weighted by Gasteiger charge is -2.07. The number of hydrogen-bond acceptors (Lipinski definition) is 3. The van der Waals surface area contributed by atoms with Crippen molar-refractivity contribution in [1.82, 2.24) is 5.32 Å². The molecule has 0 heterocycles. The molecule has 0 unspecified atom stereocenters. The summed E-state index contributed by atoms with van der Waals surface area (Å²) in [5.74, 6) is -1.36. The second kappa shape index (κ2) is 5.67. The summed E-state index contributed by atoms with van der Waals surface area (Å²) in [7, 11) is 0. The molecular weight excluding hydrogens is 252 g/mol. The number of hydrogen-bond donors (Lipinski definition) is 3. The summed E-state index contributed by atoms with van der Waals surface area (Å²) in [5.41, 5.74) is 0.968. The lowest BCUT2D eigenvalue weighted by atomic mass is 10.1. The standard InChI is InChI=1S/C14H13F2NO2/c15-11-2-3-12(16)10(6-11)8-17-7-9-1-4-13(18)14(19)5-9/h1-6,17-19H,7-8H2. The van der Waals surface area contributed by atoms with Crippen molar-refractivity contribution in [3.05, 3.63) is 59.2 Å². The SMILES string of the molecule is Oc1ccc(CNCc2cc(F)ccc2F)cc1O. The van der Waals surface area contributed by atoms with Crippen LogP contribution in [0.15, 0.2) is 36.4 Å². The molecular formula is C14H13F2NO2. The molecule has 0 fully saturated rings. The van der Waals surface area contributed by atoms with E-state index in [1.807, 2.05) is 0 Å². The molecule has 0 saturated heterocycles. The van der Waals surface area contributed by atoms with Crippen LogP contribution in [0.5, 0.6) is 11.5 Å². The average Bonchev–Trinajstić information content (AvgIpc) is 2.38. The molecule has 2 aromatic rings. The molecule has 0 radical (unpaired) electrons. The van der Waals surface area contributed by atoms with E-state index >= 15 is 0 Å². The van der Waals surface area contributed by atoms with Gasteiger partial charge in [0.1, 0.15) is 11.6 Å². The summed E-state index contributed by atoms with van der Waals surface area (Å²) in [4.78, 5) is 0. The van der Waals surface area contributed by atoms with Crippen molar-refractivity contribution in [2.24, 2.45) is 0 Å². The number of aromatic hydroxyl groups is 2. The highest BCUT2D eigenvalue weighted by Crippen LogP contribution is 2.24. The van der Waals surface area contributed by atoms with Gasteiger partial charge in [-0.2, -0.15) is 0 Å². The second-order valence-electron chi connectivity index (χ2n) is 4.16. The van der Waals surface area contributed by atoms with Crippen molar-refractivity contribution in [2.75, 3.05) is 0 Å². The highest BCUT2D eigenvalue weighted by atomic mass is 19.1. The number of nitrogens with one attached hydrogen (secondary N) is 1. The first-order valence-corrected chi connectivity index (χ1v) is 5.72. The topological polar surface area (TPSA) is 52.5 Å². The molecule has 0 aliphatic carbocycles. The molecule has 19 heavy (non-hydrogen) atoms. The number of halogens is 2. The van der Waals surface area contributed by atoms with Crippen LogP contribution >= 0.6 is 0 Å². The monoisotopic (exact) mass is 265 g/mol. The van der Waals surface area contributed by atoms with Crippen LogP contribution in [0.1, 0.15) is 11.1 Å². The second-order valence-corrected chi connectivity index (χ2v) is 4.16. The van der Waals surface area contributed by atoms with E-state index in [0.717, 1.165) is 23.8 Å². The van der Waals surface area contributed by atoms with Crippen LogP contribution in [0.4, 0.5) is 8.78 Å². The van der Waals surface area contributed by atoms with E-state index < -0.39 is 11.6 Å². The maximum Gasteiger partial charge on any atom is 0.157 e. The number of phenols is 2. The molecule has 3 nitrogen and oxygen atoms in total. The molecule has 0 bridgehead atoms. The summed E-state index contributed by atoms with van der Waals surface area (Å²) >= 11 is 0. The third kappa shape index (κ3) is 3.42. The molecule has 0 aliphatic heterocycles. The normalized spacial score (nSPS) is 10.6. The molecule has 0 atom stereocenters. The number of rotatable bonds is 4. The molecule has 2 aromatic carbocycles. The maximum absolute atomic E-state index is 13.3. The molecule has 0 saturated carbocycles. The van der Waals surface area contributed by atoms with Crippen LogP contribution in [-0.4, -0.2) is 10.2 Å². The van der Waals surface area contributed by atoms with Gasteiger partial charge in [0.2, 0.25) is 0 Å². The Morgan fingerprint density at radius 1 is 0.895 bits per heavy atom. The van der Waals surface area contributed by atoms with Crippen molar-refractivity contribution in [3.8, 4) is 11.5 Å². The summed E-state index contributed by atoms with van der Waals surface area (Å²) in [6.07, 6.45) is 0. The van der Waals surface area contributed by atoms with Crippen LogP contribution in [0.2, 0.25) is 0 Å². The Morgan fingerprint density at radius 3 is 2.42 bits per heavy atom. The van der Waals surface area contributed by atoms with Crippen molar-refractivity contribution < 1.29 is 19.0 Å². The Kier molecular flexibility index (Phi) is 3.97. The first-order valence-electron chi connectivity index (χ1n) is 5.72. The van der Waals surface area contributed by atoms with Crippen molar-refractivity contribution in [2.45, 2.75) is 13.1 Å². The van der Waals surface area contributed by atoms with E-state index in [2.05, 4.69) is 5.32 Å². The zero-order valence-corrected chi connectivity index (χ0v) is 10.0. The Bertz CT molecular complexity index is 588. The van der Waals surface area contributed by atoms with Crippen LogP contribution in [0.3, 0.4) is 0 Å². The predicted molar refractivity (Wildman–Crippen MR) is 66.7 cm³/mol. The smallest absolute Gasteiger partial charge is 0.157 e. The van der Waals surface area contributed by atoms with Gasteiger partial charge in [-0.25, -0.2) is 8.78 Å². The minimum atomic E-state index is -0.486. The summed E-state index contributed by atoms with van der Waals surface area (Å²) < 4.78 is 26.3.